The number of aromatic nitrogens is 4. The van der Waals surface area contributed by atoms with Crippen molar-refractivity contribution in [3.05, 3.63) is 52.4 Å². The number of hydrogen-bond donors (Lipinski definition) is 1. The van der Waals surface area contributed by atoms with Gasteiger partial charge in [-0.05, 0) is 49.1 Å². The minimum Gasteiger partial charge on any atom is -0.466 e. The van der Waals surface area contributed by atoms with Crippen LogP contribution in [0.4, 0.5) is 0 Å². The first-order valence-electron chi connectivity index (χ1n) is 9.55. The zero-order valence-corrected chi connectivity index (χ0v) is 18.4. The van der Waals surface area contributed by atoms with E-state index < -0.39 is 6.04 Å². The molecule has 0 spiro atoms. The lowest BCUT2D eigenvalue weighted by atomic mass is 10.2. The molecule has 3 heterocycles. The third-order valence-electron chi connectivity index (χ3n) is 4.49. The molecule has 30 heavy (non-hydrogen) atoms. The Hall–Kier alpha value is -2.85. The third-order valence-corrected chi connectivity index (χ3v) is 5.64. The minimum atomic E-state index is -0.604. The van der Waals surface area contributed by atoms with E-state index in [1.807, 2.05) is 29.6 Å². The highest BCUT2D eigenvalue weighted by atomic mass is 32.1. The predicted octanol–water partition coefficient (Wildman–Crippen LogP) is 3.61. The first kappa shape index (κ1) is 21.8. The zero-order chi connectivity index (χ0) is 21.5. The van der Waals surface area contributed by atoms with Gasteiger partial charge in [-0.1, -0.05) is 12.1 Å². The Morgan fingerprint density at radius 1 is 1.37 bits per heavy atom. The number of esters is 1. The van der Waals surface area contributed by atoms with Gasteiger partial charge in [-0.15, -0.1) is 11.3 Å². The number of amides is 1. The van der Waals surface area contributed by atoms with Crippen molar-refractivity contribution in [2.75, 3.05) is 13.2 Å². The number of nitrogens with zero attached hydrogens (tertiary/aromatic N) is 4. The second-order valence-corrected chi connectivity index (χ2v) is 7.89. The molecular weight excluding hydrogens is 422 g/mol. The minimum absolute atomic E-state index is 0.112. The SMILES string of the molecule is CCOC(=O)CCN(Cc1cccnc1)C(=O)C(C)n1c(-c2cccs2)n[nH]c1=S. The summed E-state index contributed by atoms with van der Waals surface area (Å²) in [4.78, 5) is 32.0. The summed E-state index contributed by atoms with van der Waals surface area (Å²) in [7, 11) is 0. The van der Waals surface area contributed by atoms with E-state index in [0.717, 1.165) is 10.4 Å². The quantitative estimate of drug-likeness (QED) is 0.400. The summed E-state index contributed by atoms with van der Waals surface area (Å²) in [5.74, 6) is 0.106. The Kier molecular flexibility index (Phi) is 7.47. The monoisotopic (exact) mass is 445 g/mol. The van der Waals surface area contributed by atoms with Crippen molar-refractivity contribution in [3.63, 3.8) is 0 Å². The molecule has 10 heteroatoms. The van der Waals surface area contributed by atoms with Crippen LogP contribution < -0.4 is 0 Å². The van der Waals surface area contributed by atoms with E-state index in [0.29, 0.717) is 23.7 Å². The van der Waals surface area contributed by atoms with Crippen LogP contribution in [-0.2, 0) is 20.9 Å². The van der Waals surface area contributed by atoms with Gasteiger partial charge in [-0.2, -0.15) is 5.10 Å². The predicted molar refractivity (Wildman–Crippen MR) is 116 cm³/mol. The molecule has 3 aromatic rings. The molecule has 0 aliphatic rings. The van der Waals surface area contributed by atoms with Crippen molar-refractivity contribution in [1.29, 1.82) is 0 Å². The van der Waals surface area contributed by atoms with Crippen LogP contribution >= 0.6 is 23.6 Å². The molecule has 0 aliphatic heterocycles. The molecule has 0 saturated carbocycles. The van der Waals surface area contributed by atoms with Crippen molar-refractivity contribution >= 4 is 35.4 Å². The van der Waals surface area contributed by atoms with Gasteiger partial charge in [0.25, 0.3) is 0 Å². The molecule has 1 N–H and O–H groups in total. The van der Waals surface area contributed by atoms with Gasteiger partial charge in [0.1, 0.15) is 6.04 Å². The number of ether oxygens (including phenoxy) is 1. The highest BCUT2D eigenvalue weighted by molar-refractivity contribution is 7.71. The van der Waals surface area contributed by atoms with Gasteiger partial charge < -0.3 is 9.64 Å². The number of hydrogen-bond acceptors (Lipinski definition) is 7. The van der Waals surface area contributed by atoms with E-state index in [4.69, 9.17) is 17.0 Å². The van der Waals surface area contributed by atoms with E-state index in [9.17, 15) is 9.59 Å². The second kappa shape index (κ2) is 10.3. The Morgan fingerprint density at radius 2 is 2.20 bits per heavy atom. The van der Waals surface area contributed by atoms with Gasteiger partial charge in [0, 0.05) is 25.5 Å². The molecule has 0 aliphatic carbocycles. The van der Waals surface area contributed by atoms with E-state index >= 15 is 0 Å². The van der Waals surface area contributed by atoms with E-state index in [1.165, 1.54) is 11.3 Å². The summed E-state index contributed by atoms with van der Waals surface area (Å²) in [5, 5.41) is 9.03. The maximum atomic E-state index is 13.4. The van der Waals surface area contributed by atoms with E-state index in [-0.39, 0.29) is 24.8 Å². The van der Waals surface area contributed by atoms with Crippen LogP contribution in [0.15, 0.2) is 42.0 Å². The Labute approximate surface area is 183 Å². The van der Waals surface area contributed by atoms with Crippen molar-refractivity contribution in [3.8, 4) is 10.7 Å². The molecule has 0 fully saturated rings. The summed E-state index contributed by atoms with van der Waals surface area (Å²) < 4.78 is 7.10. The fourth-order valence-electron chi connectivity index (χ4n) is 3.06. The Morgan fingerprint density at radius 3 is 2.87 bits per heavy atom. The Balaban J connectivity index is 1.85. The van der Waals surface area contributed by atoms with Crippen molar-refractivity contribution < 1.29 is 14.3 Å². The van der Waals surface area contributed by atoms with Crippen LogP contribution in [0.25, 0.3) is 10.7 Å². The summed E-state index contributed by atoms with van der Waals surface area (Å²) in [6.07, 6.45) is 3.49. The summed E-state index contributed by atoms with van der Waals surface area (Å²) >= 11 is 6.91. The van der Waals surface area contributed by atoms with Crippen molar-refractivity contribution in [1.82, 2.24) is 24.6 Å². The van der Waals surface area contributed by atoms with Crippen LogP contribution in [0, 0.1) is 4.77 Å². The molecule has 1 atom stereocenters. The number of rotatable bonds is 9. The topological polar surface area (TPSA) is 93.1 Å². The maximum Gasteiger partial charge on any atom is 0.307 e. The van der Waals surface area contributed by atoms with Gasteiger partial charge >= 0.3 is 5.97 Å². The number of nitrogens with one attached hydrogen (secondary N) is 1. The average molecular weight is 446 g/mol. The number of aromatic amines is 1. The fourth-order valence-corrected chi connectivity index (χ4v) is 4.06. The molecule has 0 bridgehead atoms. The standard InChI is InChI=1S/C20H23N5O3S2/c1-3-28-17(26)8-10-24(13-15-6-4-9-21-12-15)19(27)14(2)25-18(22-23-20(25)29)16-7-5-11-30-16/h4-7,9,11-12,14H,3,8,10,13H2,1-2H3,(H,23,29). The Bertz CT molecular complexity index is 1030. The van der Waals surface area contributed by atoms with Crippen molar-refractivity contribution in [2.24, 2.45) is 0 Å². The van der Waals surface area contributed by atoms with Crippen LogP contribution in [0.5, 0.6) is 0 Å². The molecule has 3 rings (SSSR count). The molecule has 1 unspecified atom stereocenters. The van der Waals surface area contributed by atoms with Crippen LogP contribution in [0.2, 0.25) is 0 Å². The van der Waals surface area contributed by atoms with Crippen molar-refractivity contribution in [2.45, 2.75) is 32.9 Å². The smallest absolute Gasteiger partial charge is 0.307 e. The van der Waals surface area contributed by atoms with Gasteiger partial charge in [0.2, 0.25) is 5.91 Å². The summed E-state index contributed by atoms with van der Waals surface area (Å²) in [6, 6.07) is 6.95. The second-order valence-electron chi connectivity index (χ2n) is 6.55. The molecule has 0 radical (unpaired) electrons. The summed E-state index contributed by atoms with van der Waals surface area (Å²) in [5.41, 5.74) is 0.871. The average Bonchev–Trinajstić information content (AvgIpc) is 3.40. The highest BCUT2D eigenvalue weighted by Gasteiger charge is 2.26. The normalized spacial score (nSPS) is 11.8. The van der Waals surface area contributed by atoms with Gasteiger partial charge in [-0.3, -0.25) is 24.2 Å². The number of pyridine rings is 1. The largest absolute Gasteiger partial charge is 0.466 e. The van der Waals surface area contributed by atoms with Gasteiger partial charge in [0.15, 0.2) is 10.6 Å². The number of carbonyl (C=O) groups is 2. The molecule has 1 amide bonds. The lowest BCUT2D eigenvalue weighted by Gasteiger charge is -2.26. The maximum absolute atomic E-state index is 13.4. The van der Waals surface area contributed by atoms with Gasteiger partial charge in [0.05, 0.1) is 17.9 Å². The van der Waals surface area contributed by atoms with E-state index in [1.54, 1.807) is 35.7 Å². The molecular formula is C20H23N5O3S2. The van der Waals surface area contributed by atoms with E-state index in [2.05, 4.69) is 15.2 Å². The van der Waals surface area contributed by atoms with Crippen LogP contribution in [0.1, 0.15) is 31.9 Å². The zero-order valence-electron chi connectivity index (χ0n) is 16.8. The van der Waals surface area contributed by atoms with Crippen LogP contribution in [-0.4, -0.2) is 49.7 Å². The third kappa shape index (κ3) is 5.19. The van der Waals surface area contributed by atoms with Gasteiger partial charge in [-0.25, -0.2) is 0 Å². The first-order chi connectivity index (χ1) is 14.5. The molecule has 8 nitrogen and oxygen atoms in total. The molecule has 158 valence electrons. The fraction of sp³-hybridized carbons (Fsp3) is 0.350. The molecule has 3 aromatic heterocycles. The lowest BCUT2D eigenvalue weighted by Crippen LogP contribution is -2.37. The number of carbonyl (C=O) groups excluding carboxylic acids is 2. The number of thiophene rings is 1. The first-order valence-corrected chi connectivity index (χ1v) is 10.8. The lowest BCUT2D eigenvalue weighted by molar-refractivity contribution is -0.144. The molecule has 0 aromatic carbocycles. The highest BCUT2D eigenvalue weighted by Crippen LogP contribution is 2.26. The molecule has 0 saturated heterocycles. The number of H-pyrrole nitrogens is 1. The summed E-state index contributed by atoms with van der Waals surface area (Å²) in [6.45, 7) is 4.41. The van der Waals surface area contributed by atoms with Crippen LogP contribution in [0.3, 0.4) is 0 Å².